The van der Waals surface area contributed by atoms with E-state index in [4.69, 9.17) is 11.6 Å². The number of nitrogens with zero attached hydrogens (tertiary/aromatic N) is 1. The molecule has 0 fully saturated rings. The smallest absolute Gasteiger partial charge is 0.128 e. The van der Waals surface area contributed by atoms with E-state index in [-0.39, 0.29) is 5.82 Å². The zero-order valence-electron chi connectivity index (χ0n) is 11.0. The van der Waals surface area contributed by atoms with Gasteiger partial charge in [0.1, 0.15) is 5.82 Å². The van der Waals surface area contributed by atoms with E-state index in [2.05, 4.69) is 10.3 Å². The van der Waals surface area contributed by atoms with Crippen molar-refractivity contribution in [2.24, 2.45) is 0 Å². The molecule has 1 aromatic carbocycles. The Morgan fingerprint density at radius 1 is 1.28 bits per heavy atom. The van der Waals surface area contributed by atoms with Crippen molar-refractivity contribution in [1.82, 2.24) is 4.98 Å². The molecule has 2 nitrogen and oxygen atoms in total. The molecule has 1 heterocycles. The SMILES string of the molecule is CCNc1c(C)c(C)nc2c(Cl)cc(F)c(C)c12. The molecule has 96 valence electrons. The highest BCUT2D eigenvalue weighted by molar-refractivity contribution is 6.35. The number of halogens is 2. The van der Waals surface area contributed by atoms with Crippen LogP contribution in [0.5, 0.6) is 0 Å². The van der Waals surface area contributed by atoms with Gasteiger partial charge in [-0.1, -0.05) is 11.6 Å². The van der Waals surface area contributed by atoms with Gasteiger partial charge >= 0.3 is 0 Å². The van der Waals surface area contributed by atoms with Gasteiger partial charge in [0, 0.05) is 23.3 Å². The summed E-state index contributed by atoms with van der Waals surface area (Å²) in [5.41, 5.74) is 4.12. The van der Waals surface area contributed by atoms with Crippen LogP contribution in [-0.2, 0) is 0 Å². The average Bonchev–Trinajstić information content (AvgIpc) is 2.32. The fourth-order valence-corrected chi connectivity index (χ4v) is 2.37. The monoisotopic (exact) mass is 266 g/mol. The zero-order chi connectivity index (χ0) is 13.4. The van der Waals surface area contributed by atoms with E-state index in [0.29, 0.717) is 16.1 Å². The van der Waals surface area contributed by atoms with Crippen molar-refractivity contribution in [2.45, 2.75) is 27.7 Å². The maximum absolute atomic E-state index is 13.8. The minimum absolute atomic E-state index is 0.295. The number of nitrogens with one attached hydrogen (secondary N) is 1. The Labute approximate surface area is 111 Å². The Morgan fingerprint density at radius 2 is 1.94 bits per heavy atom. The van der Waals surface area contributed by atoms with Crippen LogP contribution in [0.1, 0.15) is 23.7 Å². The van der Waals surface area contributed by atoms with Crippen LogP contribution in [0.4, 0.5) is 10.1 Å². The number of rotatable bonds is 2. The third-order valence-corrected chi connectivity index (χ3v) is 3.54. The van der Waals surface area contributed by atoms with Gasteiger partial charge in [-0.3, -0.25) is 4.98 Å². The van der Waals surface area contributed by atoms with E-state index in [1.54, 1.807) is 6.92 Å². The lowest BCUT2D eigenvalue weighted by molar-refractivity contribution is 0.621. The number of anilines is 1. The molecule has 2 aromatic rings. The summed E-state index contributed by atoms with van der Waals surface area (Å²) in [5.74, 6) is -0.295. The van der Waals surface area contributed by atoms with Gasteiger partial charge in [-0.15, -0.1) is 0 Å². The quantitative estimate of drug-likeness (QED) is 0.872. The van der Waals surface area contributed by atoms with E-state index in [9.17, 15) is 4.39 Å². The first-order chi connectivity index (χ1) is 8.47. The van der Waals surface area contributed by atoms with Crippen molar-refractivity contribution in [2.75, 3.05) is 11.9 Å². The summed E-state index contributed by atoms with van der Waals surface area (Å²) in [6.45, 7) is 8.46. The van der Waals surface area contributed by atoms with Crippen LogP contribution in [0.3, 0.4) is 0 Å². The van der Waals surface area contributed by atoms with Crippen LogP contribution >= 0.6 is 11.6 Å². The minimum Gasteiger partial charge on any atom is -0.384 e. The fraction of sp³-hybridized carbons (Fsp3) is 0.357. The molecule has 18 heavy (non-hydrogen) atoms. The Morgan fingerprint density at radius 3 is 2.56 bits per heavy atom. The molecule has 0 saturated heterocycles. The summed E-state index contributed by atoms with van der Waals surface area (Å²) in [6.07, 6.45) is 0. The van der Waals surface area contributed by atoms with Gasteiger partial charge in [0.15, 0.2) is 0 Å². The molecule has 2 rings (SSSR count). The summed E-state index contributed by atoms with van der Waals surface area (Å²) < 4.78 is 13.8. The van der Waals surface area contributed by atoms with E-state index >= 15 is 0 Å². The predicted molar refractivity (Wildman–Crippen MR) is 75.1 cm³/mol. The van der Waals surface area contributed by atoms with Gasteiger partial charge in [0.25, 0.3) is 0 Å². The second-order valence-electron chi connectivity index (χ2n) is 4.42. The van der Waals surface area contributed by atoms with E-state index in [1.165, 1.54) is 6.07 Å². The molecule has 0 spiro atoms. The maximum Gasteiger partial charge on any atom is 0.128 e. The molecule has 0 aliphatic rings. The first-order valence-corrected chi connectivity index (χ1v) is 6.34. The highest BCUT2D eigenvalue weighted by atomic mass is 35.5. The highest BCUT2D eigenvalue weighted by Crippen LogP contribution is 2.35. The number of hydrogen-bond acceptors (Lipinski definition) is 2. The average molecular weight is 267 g/mol. The summed E-state index contributed by atoms with van der Waals surface area (Å²) in [5, 5.41) is 4.43. The second kappa shape index (κ2) is 4.73. The number of benzene rings is 1. The minimum atomic E-state index is -0.295. The maximum atomic E-state index is 13.8. The predicted octanol–water partition coefficient (Wildman–Crippen LogP) is 4.38. The molecule has 0 aliphatic carbocycles. The molecule has 0 saturated carbocycles. The summed E-state index contributed by atoms with van der Waals surface area (Å²) >= 11 is 6.10. The number of fused-ring (bicyclic) bond motifs is 1. The normalized spacial score (nSPS) is 11.0. The molecule has 1 N–H and O–H groups in total. The number of hydrogen-bond donors (Lipinski definition) is 1. The van der Waals surface area contributed by atoms with Crippen LogP contribution in [0, 0.1) is 26.6 Å². The Bertz CT molecular complexity index is 623. The molecule has 4 heteroatoms. The van der Waals surface area contributed by atoms with Crippen LogP contribution in [0.25, 0.3) is 10.9 Å². The Kier molecular flexibility index (Phi) is 3.44. The lowest BCUT2D eigenvalue weighted by Crippen LogP contribution is -2.05. The Balaban J connectivity index is 2.97. The van der Waals surface area contributed by atoms with Crippen LogP contribution in [-0.4, -0.2) is 11.5 Å². The summed E-state index contributed by atoms with van der Waals surface area (Å²) in [7, 11) is 0. The first kappa shape index (κ1) is 13.1. The highest BCUT2D eigenvalue weighted by Gasteiger charge is 2.16. The topological polar surface area (TPSA) is 24.9 Å². The van der Waals surface area contributed by atoms with Crippen LogP contribution in [0.15, 0.2) is 6.07 Å². The van der Waals surface area contributed by atoms with Crippen LogP contribution in [0.2, 0.25) is 5.02 Å². The lowest BCUT2D eigenvalue weighted by Gasteiger charge is -2.16. The molecule has 0 unspecified atom stereocenters. The van der Waals surface area contributed by atoms with Crippen molar-refractivity contribution < 1.29 is 4.39 Å². The van der Waals surface area contributed by atoms with Crippen molar-refractivity contribution in [1.29, 1.82) is 0 Å². The van der Waals surface area contributed by atoms with Crippen molar-refractivity contribution in [3.8, 4) is 0 Å². The van der Waals surface area contributed by atoms with E-state index < -0.39 is 0 Å². The first-order valence-electron chi connectivity index (χ1n) is 5.96. The Hall–Kier alpha value is -1.35. The fourth-order valence-electron chi connectivity index (χ4n) is 2.14. The second-order valence-corrected chi connectivity index (χ2v) is 4.82. The standard InChI is InChI=1S/C14H16ClFN2/c1-5-17-13-7(2)9(4)18-14-10(15)6-11(16)8(3)12(13)14/h6H,5H2,1-4H3,(H,17,18). The van der Waals surface area contributed by atoms with Gasteiger partial charge in [0.2, 0.25) is 0 Å². The molecular weight excluding hydrogens is 251 g/mol. The van der Waals surface area contributed by atoms with Crippen molar-refractivity contribution in [3.63, 3.8) is 0 Å². The van der Waals surface area contributed by atoms with E-state index in [0.717, 1.165) is 28.9 Å². The summed E-state index contributed by atoms with van der Waals surface area (Å²) in [4.78, 5) is 4.48. The van der Waals surface area contributed by atoms with Gasteiger partial charge in [-0.05, 0) is 44.9 Å². The molecule has 0 aliphatic heterocycles. The van der Waals surface area contributed by atoms with Crippen molar-refractivity contribution in [3.05, 3.63) is 33.7 Å². The lowest BCUT2D eigenvalue weighted by atomic mass is 10.0. The third-order valence-electron chi connectivity index (χ3n) is 3.25. The van der Waals surface area contributed by atoms with E-state index in [1.807, 2.05) is 20.8 Å². The number of pyridine rings is 1. The molecule has 1 aromatic heterocycles. The van der Waals surface area contributed by atoms with Crippen molar-refractivity contribution >= 4 is 28.2 Å². The number of aromatic nitrogens is 1. The van der Waals surface area contributed by atoms with Gasteiger partial charge < -0.3 is 5.32 Å². The van der Waals surface area contributed by atoms with Crippen LogP contribution < -0.4 is 5.32 Å². The largest absolute Gasteiger partial charge is 0.384 e. The van der Waals surface area contributed by atoms with Gasteiger partial charge in [0.05, 0.1) is 10.5 Å². The zero-order valence-corrected chi connectivity index (χ0v) is 11.7. The number of aryl methyl sites for hydroxylation is 2. The molecular formula is C14H16ClFN2. The molecule has 0 amide bonds. The molecule has 0 bridgehead atoms. The van der Waals surface area contributed by atoms with Gasteiger partial charge in [-0.25, -0.2) is 4.39 Å². The molecule has 0 atom stereocenters. The third kappa shape index (κ3) is 1.93. The molecule has 0 radical (unpaired) electrons. The summed E-state index contributed by atoms with van der Waals surface area (Å²) in [6, 6.07) is 1.33. The van der Waals surface area contributed by atoms with Gasteiger partial charge in [-0.2, -0.15) is 0 Å².